The lowest BCUT2D eigenvalue weighted by Gasteiger charge is -2.34. The highest BCUT2D eigenvalue weighted by atomic mass is 32.2. The van der Waals surface area contributed by atoms with Crippen LogP contribution in [-0.4, -0.2) is 79.8 Å². The average molecular weight is 434 g/mol. The van der Waals surface area contributed by atoms with Crippen LogP contribution in [0.15, 0.2) is 30.3 Å². The maximum atomic E-state index is 13.0. The first kappa shape index (κ1) is 21.3. The number of sulfone groups is 1. The van der Waals surface area contributed by atoms with Crippen LogP contribution in [0.4, 0.5) is 0 Å². The highest BCUT2D eigenvalue weighted by molar-refractivity contribution is 7.91. The predicted molar refractivity (Wildman–Crippen MR) is 115 cm³/mol. The van der Waals surface area contributed by atoms with Crippen LogP contribution in [0.3, 0.4) is 0 Å². The van der Waals surface area contributed by atoms with Gasteiger partial charge in [0.1, 0.15) is 0 Å². The Bertz CT molecular complexity index is 868. The second-order valence-corrected chi connectivity index (χ2v) is 11.0. The molecule has 3 unspecified atom stereocenters. The summed E-state index contributed by atoms with van der Waals surface area (Å²) >= 11 is 0. The second-order valence-electron chi connectivity index (χ2n) is 8.84. The largest absolute Gasteiger partial charge is 0.350 e. The molecule has 1 aromatic rings. The number of carbonyl (C=O) groups is 2. The van der Waals surface area contributed by atoms with E-state index < -0.39 is 9.84 Å². The molecule has 0 saturated carbocycles. The first-order chi connectivity index (χ1) is 14.4. The van der Waals surface area contributed by atoms with E-state index in [2.05, 4.69) is 10.2 Å². The van der Waals surface area contributed by atoms with Gasteiger partial charge in [-0.15, -0.1) is 0 Å². The molecule has 0 aromatic heterocycles. The summed E-state index contributed by atoms with van der Waals surface area (Å²) in [5.41, 5.74) is 0.971. The Kier molecular flexibility index (Phi) is 6.43. The summed E-state index contributed by atoms with van der Waals surface area (Å²) in [6.45, 7) is 2.88. The fourth-order valence-electron chi connectivity index (χ4n) is 5.00. The van der Waals surface area contributed by atoms with Crippen LogP contribution in [0.25, 0.3) is 0 Å². The fourth-order valence-corrected chi connectivity index (χ4v) is 6.95. The van der Waals surface area contributed by atoms with E-state index in [0.29, 0.717) is 19.5 Å². The molecule has 3 saturated heterocycles. The summed E-state index contributed by atoms with van der Waals surface area (Å²) in [5.74, 6) is -0.204. The molecule has 0 spiro atoms. The Labute approximate surface area is 178 Å². The third-order valence-corrected chi connectivity index (χ3v) is 8.32. The Morgan fingerprint density at radius 1 is 1.00 bits per heavy atom. The number of carbonyl (C=O) groups excluding carboxylic acids is 2. The van der Waals surface area contributed by atoms with Gasteiger partial charge in [-0.05, 0) is 44.3 Å². The van der Waals surface area contributed by atoms with Crippen molar-refractivity contribution in [3.05, 3.63) is 35.9 Å². The molecular formula is C22H31N3O4S. The Balaban J connectivity index is 1.36. The average Bonchev–Trinajstić information content (AvgIpc) is 3.36. The molecular weight excluding hydrogens is 402 g/mol. The molecule has 3 aliphatic heterocycles. The van der Waals surface area contributed by atoms with Gasteiger partial charge < -0.3 is 10.2 Å². The van der Waals surface area contributed by atoms with E-state index in [1.165, 1.54) is 0 Å². The standard InChI is InChI=1S/C22H31N3O4S/c26-21(13-17-7-2-1-3-8-17)25-12-6-9-18(14-25)22(27)23-19-15-30(28,29)16-20(19)24-10-4-5-11-24/h1-3,7-8,18-20H,4-6,9-16H2,(H,23,27). The summed E-state index contributed by atoms with van der Waals surface area (Å²) in [4.78, 5) is 29.7. The second kappa shape index (κ2) is 9.06. The Morgan fingerprint density at radius 2 is 1.73 bits per heavy atom. The van der Waals surface area contributed by atoms with E-state index >= 15 is 0 Å². The highest BCUT2D eigenvalue weighted by Crippen LogP contribution is 2.24. The molecule has 8 heteroatoms. The van der Waals surface area contributed by atoms with Crippen molar-refractivity contribution in [3.8, 4) is 0 Å². The number of nitrogens with one attached hydrogen (secondary N) is 1. The summed E-state index contributed by atoms with van der Waals surface area (Å²) in [6.07, 6.45) is 4.02. The minimum absolute atomic E-state index is 0.0171. The molecule has 4 rings (SSSR count). The van der Waals surface area contributed by atoms with Crippen molar-refractivity contribution in [2.75, 3.05) is 37.7 Å². The van der Waals surface area contributed by atoms with Crippen LogP contribution in [0.2, 0.25) is 0 Å². The van der Waals surface area contributed by atoms with E-state index in [1.807, 2.05) is 30.3 Å². The molecule has 0 aliphatic carbocycles. The Morgan fingerprint density at radius 3 is 2.47 bits per heavy atom. The lowest BCUT2D eigenvalue weighted by atomic mass is 9.95. The minimum atomic E-state index is -3.14. The normalized spacial score (nSPS) is 29.1. The van der Waals surface area contributed by atoms with Crippen LogP contribution in [0, 0.1) is 5.92 Å². The Hall–Kier alpha value is -1.93. The van der Waals surface area contributed by atoms with Gasteiger partial charge in [-0.3, -0.25) is 14.5 Å². The van der Waals surface area contributed by atoms with Gasteiger partial charge in [-0.1, -0.05) is 30.3 Å². The number of hydrogen-bond acceptors (Lipinski definition) is 5. The van der Waals surface area contributed by atoms with Crippen LogP contribution < -0.4 is 5.32 Å². The third-order valence-electron chi connectivity index (χ3n) is 6.60. The van der Waals surface area contributed by atoms with Crippen molar-refractivity contribution in [1.82, 2.24) is 15.1 Å². The monoisotopic (exact) mass is 433 g/mol. The van der Waals surface area contributed by atoms with Crippen LogP contribution in [-0.2, 0) is 25.8 Å². The molecule has 3 fully saturated rings. The van der Waals surface area contributed by atoms with Gasteiger partial charge in [-0.2, -0.15) is 0 Å². The van der Waals surface area contributed by atoms with Gasteiger partial charge in [0.2, 0.25) is 11.8 Å². The van der Waals surface area contributed by atoms with Gasteiger partial charge in [0.05, 0.1) is 29.9 Å². The molecule has 30 heavy (non-hydrogen) atoms. The van der Waals surface area contributed by atoms with Gasteiger partial charge in [-0.25, -0.2) is 8.42 Å². The molecule has 3 aliphatic rings. The molecule has 1 N–H and O–H groups in total. The van der Waals surface area contributed by atoms with Crippen molar-refractivity contribution in [1.29, 1.82) is 0 Å². The third kappa shape index (κ3) is 5.03. The zero-order valence-corrected chi connectivity index (χ0v) is 18.1. The number of hydrogen-bond donors (Lipinski definition) is 1. The maximum Gasteiger partial charge on any atom is 0.227 e. The van der Waals surface area contributed by atoms with Crippen molar-refractivity contribution in [2.45, 2.75) is 44.2 Å². The fraction of sp³-hybridized carbons (Fsp3) is 0.636. The molecule has 7 nitrogen and oxygen atoms in total. The molecule has 1 aromatic carbocycles. The van der Waals surface area contributed by atoms with Crippen LogP contribution >= 0.6 is 0 Å². The lowest BCUT2D eigenvalue weighted by molar-refractivity contribution is -0.135. The zero-order chi connectivity index (χ0) is 21.1. The van der Waals surface area contributed by atoms with Gasteiger partial charge in [0.25, 0.3) is 0 Å². The number of amides is 2. The first-order valence-corrected chi connectivity index (χ1v) is 12.8. The number of nitrogens with zero attached hydrogens (tertiary/aromatic N) is 2. The van der Waals surface area contributed by atoms with Crippen molar-refractivity contribution >= 4 is 21.7 Å². The summed E-state index contributed by atoms with van der Waals surface area (Å²) in [5, 5.41) is 3.04. The number of benzene rings is 1. The molecule has 164 valence electrons. The molecule has 2 amide bonds. The summed E-state index contributed by atoms with van der Waals surface area (Å²) < 4.78 is 24.5. The summed E-state index contributed by atoms with van der Waals surface area (Å²) in [7, 11) is -3.14. The number of rotatable bonds is 5. The maximum absolute atomic E-state index is 13.0. The lowest BCUT2D eigenvalue weighted by Crippen LogP contribution is -2.53. The number of likely N-dealkylation sites (tertiary alicyclic amines) is 2. The van der Waals surface area contributed by atoms with E-state index in [9.17, 15) is 18.0 Å². The SMILES string of the molecule is O=C(NC1CS(=O)(=O)CC1N1CCCC1)C1CCCN(C(=O)Cc2ccccc2)C1. The number of piperidine rings is 1. The first-order valence-electron chi connectivity index (χ1n) is 11.0. The molecule has 0 bridgehead atoms. The smallest absolute Gasteiger partial charge is 0.227 e. The molecule has 3 heterocycles. The molecule has 3 atom stereocenters. The van der Waals surface area contributed by atoms with Gasteiger partial charge >= 0.3 is 0 Å². The van der Waals surface area contributed by atoms with Crippen LogP contribution in [0.1, 0.15) is 31.2 Å². The van der Waals surface area contributed by atoms with E-state index in [0.717, 1.165) is 44.3 Å². The topological polar surface area (TPSA) is 86.8 Å². The van der Waals surface area contributed by atoms with Crippen molar-refractivity contribution < 1.29 is 18.0 Å². The van der Waals surface area contributed by atoms with Crippen molar-refractivity contribution in [2.24, 2.45) is 5.92 Å². The van der Waals surface area contributed by atoms with E-state index in [-0.39, 0.29) is 41.3 Å². The summed E-state index contributed by atoms with van der Waals surface area (Å²) in [6, 6.07) is 9.16. The van der Waals surface area contributed by atoms with Gasteiger partial charge in [0.15, 0.2) is 9.84 Å². The quantitative estimate of drug-likeness (QED) is 0.744. The van der Waals surface area contributed by atoms with Crippen molar-refractivity contribution in [3.63, 3.8) is 0 Å². The van der Waals surface area contributed by atoms with Crippen LogP contribution in [0.5, 0.6) is 0 Å². The zero-order valence-electron chi connectivity index (χ0n) is 17.3. The van der Waals surface area contributed by atoms with E-state index in [4.69, 9.17) is 0 Å². The minimum Gasteiger partial charge on any atom is -0.350 e. The van der Waals surface area contributed by atoms with E-state index in [1.54, 1.807) is 4.90 Å². The highest BCUT2D eigenvalue weighted by Gasteiger charge is 2.43. The predicted octanol–water partition coefficient (Wildman–Crippen LogP) is 0.845. The molecule has 0 radical (unpaired) electrons. The van der Waals surface area contributed by atoms with Gasteiger partial charge in [0, 0.05) is 19.1 Å².